The Bertz CT molecular complexity index is 1230. The van der Waals surface area contributed by atoms with Crippen molar-refractivity contribution in [1.29, 1.82) is 5.26 Å². The SMILES string of the molecule is N#CCc1cc(Cl)cc(CNCCCCOCCNc2cc(-c3cnoc3)cc3[nH]ncc23)c1. The average Bonchev–Trinajstić information content (AvgIpc) is 3.52. The van der Waals surface area contributed by atoms with Gasteiger partial charge in [-0.15, -0.1) is 0 Å². The molecule has 0 fully saturated rings. The Hall–Kier alpha value is -3.38. The van der Waals surface area contributed by atoms with E-state index in [0.29, 0.717) is 31.2 Å². The molecule has 176 valence electrons. The van der Waals surface area contributed by atoms with Crippen LogP contribution in [0.25, 0.3) is 22.0 Å². The molecule has 0 aliphatic carbocycles. The first-order valence-electron chi connectivity index (χ1n) is 11.3. The van der Waals surface area contributed by atoms with Crippen LogP contribution in [0.5, 0.6) is 0 Å². The van der Waals surface area contributed by atoms with Crippen LogP contribution in [0.3, 0.4) is 0 Å². The van der Waals surface area contributed by atoms with Gasteiger partial charge in [-0.1, -0.05) is 22.8 Å². The first-order valence-corrected chi connectivity index (χ1v) is 11.7. The molecule has 0 atom stereocenters. The number of hydrogen-bond acceptors (Lipinski definition) is 7. The second-order valence-corrected chi connectivity index (χ2v) is 8.43. The molecule has 0 unspecified atom stereocenters. The third-order valence-corrected chi connectivity index (χ3v) is 5.63. The standard InChI is InChI=1S/C25H27ClN6O2/c26-22-10-18(3-4-27)9-19(11-22)14-28-5-1-2-7-33-8-6-29-24-12-20(21-15-31-34-17-21)13-25-23(24)16-30-32-25/h9-13,15-17,28-29H,1-3,5-8,14H2,(H,30,32). The number of nitrogens with one attached hydrogen (secondary N) is 3. The number of rotatable bonds is 13. The fourth-order valence-corrected chi connectivity index (χ4v) is 4.05. The minimum absolute atomic E-state index is 0.375. The first kappa shape index (κ1) is 23.8. The van der Waals surface area contributed by atoms with Crippen LogP contribution in [0.15, 0.2) is 53.5 Å². The largest absolute Gasteiger partial charge is 0.382 e. The van der Waals surface area contributed by atoms with Crippen LogP contribution in [0.1, 0.15) is 24.0 Å². The van der Waals surface area contributed by atoms with Gasteiger partial charge in [0, 0.05) is 41.4 Å². The Morgan fingerprint density at radius 2 is 1.94 bits per heavy atom. The lowest BCUT2D eigenvalue weighted by molar-refractivity contribution is 0.140. The van der Waals surface area contributed by atoms with Crippen LogP contribution in [0.2, 0.25) is 5.02 Å². The van der Waals surface area contributed by atoms with E-state index in [4.69, 9.17) is 26.1 Å². The highest BCUT2D eigenvalue weighted by Crippen LogP contribution is 2.29. The zero-order valence-corrected chi connectivity index (χ0v) is 19.6. The summed E-state index contributed by atoms with van der Waals surface area (Å²) in [5, 5.41) is 28.4. The van der Waals surface area contributed by atoms with Gasteiger partial charge in [-0.25, -0.2) is 0 Å². The molecule has 3 N–H and O–H groups in total. The molecule has 2 heterocycles. The van der Waals surface area contributed by atoms with Crippen molar-refractivity contribution in [2.45, 2.75) is 25.8 Å². The molecule has 8 nitrogen and oxygen atoms in total. The van der Waals surface area contributed by atoms with Crippen LogP contribution < -0.4 is 10.6 Å². The fourth-order valence-electron chi connectivity index (χ4n) is 3.77. The summed E-state index contributed by atoms with van der Waals surface area (Å²) in [5.41, 5.74) is 5.92. The lowest BCUT2D eigenvalue weighted by Gasteiger charge is -2.10. The number of nitriles is 1. The number of halogens is 1. The number of H-pyrrole nitrogens is 1. The van der Waals surface area contributed by atoms with Gasteiger partial charge in [0.15, 0.2) is 0 Å². The van der Waals surface area contributed by atoms with Crippen LogP contribution in [0, 0.1) is 11.3 Å². The molecule has 9 heteroatoms. The van der Waals surface area contributed by atoms with Gasteiger partial charge in [-0.05, 0) is 60.3 Å². The molecule has 2 aromatic heterocycles. The molecule has 0 spiro atoms. The predicted octanol–water partition coefficient (Wildman–Crippen LogP) is 4.94. The maximum absolute atomic E-state index is 8.86. The summed E-state index contributed by atoms with van der Waals surface area (Å²) in [6.45, 7) is 3.67. The zero-order chi connectivity index (χ0) is 23.6. The molecule has 4 aromatic rings. The second-order valence-electron chi connectivity index (χ2n) is 7.99. The minimum Gasteiger partial charge on any atom is -0.382 e. The van der Waals surface area contributed by atoms with E-state index < -0.39 is 0 Å². The van der Waals surface area contributed by atoms with Gasteiger partial charge in [-0.2, -0.15) is 10.4 Å². The molecule has 2 aromatic carbocycles. The molecule has 0 saturated heterocycles. The van der Waals surface area contributed by atoms with Gasteiger partial charge in [0.2, 0.25) is 0 Å². The summed E-state index contributed by atoms with van der Waals surface area (Å²) in [6, 6.07) is 12.1. The molecule has 0 aliphatic rings. The topological polar surface area (TPSA) is 112 Å². The van der Waals surface area contributed by atoms with Gasteiger partial charge in [0.05, 0.1) is 37.0 Å². The molecule has 0 radical (unpaired) electrons. The van der Waals surface area contributed by atoms with Crippen LogP contribution in [0.4, 0.5) is 5.69 Å². The number of unbranched alkanes of at least 4 members (excludes halogenated alkanes) is 1. The van der Waals surface area contributed by atoms with E-state index in [1.54, 1.807) is 12.5 Å². The molecular weight excluding hydrogens is 452 g/mol. The summed E-state index contributed by atoms with van der Waals surface area (Å²) in [4.78, 5) is 0. The summed E-state index contributed by atoms with van der Waals surface area (Å²) in [5.74, 6) is 0. The second kappa shape index (κ2) is 12.2. The van der Waals surface area contributed by atoms with Crippen molar-refractivity contribution in [3.63, 3.8) is 0 Å². The smallest absolute Gasteiger partial charge is 0.131 e. The van der Waals surface area contributed by atoms with E-state index in [9.17, 15) is 0 Å². The fraction of sp³-hybridized carbons (Fsp3) is 0.320. The molecule has 34 heavy (non-hydrogen) atoms. The van der Waals surface area contributed by atoms with Crippen molar-refractivity contribution >= 4 is 28.2 Å². The van der Waals surface area contributed by atoms with Crippen LogP contribution in [-0.2, 0) is 17.7 Å². The Morgan fingerprint density at radius 3 is 2.79 bits per heavy atom. The number of fused-ring (bicyclic) bond motifs is 1. The molecule has 0 amide bonds. The first-order chi connectivity index (χ1) is 16.7. The summed E-state index contributed by atoms with van der Waals surface area (Å²) in [7, 11) is 0. The number of anilines is 1. The van der Waals surface area contributed by atoms with Crippen molar-refractivity contribution in [2.24, 2.45) is 0 Å². The Labute approximate surface area is 203 Å². The number of hydrogen-bond donors (Lipinski definition) is 3. The normalized spacial score (nSPS) is 11.1. The quantitative estimate of drug-likeness (QED) is 0.233. The number of benzene rings is 2. The van der Waals surface area contributed by atoms with Gasteiger partial charge >= 0.3 is 0 Å². The number of aromatic nitrogens is 3. The molecule has 0 saturated carbocycles. The summed E-state index contributed by atoms with van der Waals surface area (Å²) < 4.78 is 10.8. The van der Waals surface area contributed by atoms with E-state index in [2.05, 4.69) is 38.1 Å². The average molecular weight is 479 g/mol. The van der Waals surface area contributed by atoms with Crippen molar-refractivity contribution in [1.82, 2.24) is 20.7 Å². The highest BCUT2D eigenvalue weighted by molar-refractivity contribution is 6.30. The van der Waals surface area contributed by atoms with Crippen molar-refractivity contribution < 1.29 is 9.26 Å². The lowest BCUT2D eigenvalue weighted by Crippen LogP contribution is -2.16. The van der Waals surface area contributed by atoms with E-state index in [-0.39, 0.29) is 0 Å². The lowest BCUT2D eigenvalue weighted by atomic mass is 10.1. The maximum Gasteiger partial charge on any atom is 0.131 e. The van der Waals surface area contributed by atoms with E-state index in [0.717, 1.165) is 64.8 Å². The third kappa shape index (κ3) is 6.58. The number of aromatic amines is 1. The summed E-state index contributed by atoms with van der Waals surface area (Å²) >= 11 is 6.13. The highest BCUT2D eigenvalue weighted by atomic mass is 35.5. The highest BCUT2D eigenvalue weighted by Gasteiger charge is 2.09. The molecule has 4 rings (SSSR count). The van der Waals surface area contributed by atoms with Crippen molar-refractivity contribution in [2.75, 3.05) is 31.6 Å². The van der Waals surface area contributed by atoms with Crippen molar-refractivity contribution in [3.8, 4) is 17.2 Å². The number of nitrogens with zero attached hydrogens (tertiary/aromatic N) is 3. The zero-order valence-electron chi connectivity index (χ0n) is 18.8. The summed E-state index contributed by atoms with van der Waals surface area (Å²) in [6.07, 6.45) is 7.52. The molecule has 0 aliphatic heterocycles. The van der Waals surface area contributed by atoms with Crippen LogP contribution >= 0.6 is 11.6 Å². The monoisotopic (exact) mass is 478 g/mol. The third-order valence-electron chi connectivity index (χ3n) is 5.41. The molecule has 0 bridgehead atoms. The van der Waals surface area contributed by atoms with E-state index >= 15 is 0 Å². The van der Waals surface area contributed by atoms with Crippen molar-refractivity contribution in [3.05, 3.63) is 65.1 Å². The van der Waals surface area contributed by atoms with Gasteiger partial charge in [-0.3, -0.25) is 5.10 Å². The Balaban J connectivity index is 1.12. The predicted molar refractivity (Wildman–Crippen MR) is 133 cm³/mol. The van der Waals surface area contributed by atoms with Gasteiger partial charge < -0.3 is 19.9 Å². The number of ether oxygens (including phenoxy) is 1. The van der Waals surface area contributed by atoms with E-state index in [1.165, 1.54) is 0 Å². The minimum atomic E-state index is 0.375. The molecular formula is C25H27ClN6O2. The van der Waals surface area contributed by atoms with Gasteiger partial charge in [0.1, 0.15) is 6.26 Å². The van der Waals surface area contributed by atoms with Crippen LogP contribution in [-0.4, -0.2) is 41.7 Å². The van der Waals surface area contributed by atoms with E-state index in [1.807, 2.05) is 30.5 Å². The Morgan fingerprint density at radius 1 is 1.03 bits per heavy atom. The van der Waals surface area contributed by atoms with Gasteiger partial charge in [0.25, 0.3) is 0 Å². The maximum atomic E-state index is 8.86. The Kier molecular flexibility index (Phi) is 8.52.